The Morgan fingerprint density at radius 3 is 2.92 bits per heavy atom. The second kappa shape index (κ2) is 6.99. The maximum atomic E-state index is 14.3. The first-order valence-electron chi connectivity index (χ1n) is 7.94. The lowest BCUT2D eigenvalue weighted by Gasteiger charge is -2.21. The van der Waals surface area contributed by atoms with Crippen molar-refractivity contribution in [3.8, 4) is 5.69 Å². The number of hydrogen-bond donors (Lipinski definition) is 1. The van der Waals surface area contributed by atoms with Gasteiger partial charge in [-0.1, -0.05) is 15.9 Å². The number of rotatable bonds is 3. The Hall–Kier alpha value is -2.16. The predicted octanol–water partition coefficient (Wildman–Crippen LogP) is 2.01. The van der Waals surface area contributed by atoms with Crippen molar-refractivity contribution in [3.63, 3.8) is 0 Å². The van der Waals surface area contributed by atoms with Crippen LogP contribution < -0.4 is 5.69 Å². The Morgan fingerprint density at radius 2 is 2.24 bits per heavy atom. The van der Waals surface area contributed by atoms with E-state index in [0.717, 1.165) is 6.42 Å². The number of nitrogens with one attached hydrogen (secondary N) is 1. The van der Waals surface area contributed by atoms with Gasteiger partial charge in [-0.2, -0.15) is 5.10 Å². The highest BCUT2D eigenvalue weighted by Gasteiger charge is 2.29. The maximum Gasteiger partial charge on any atom is 0.348 e. The Bertz CT molecular complexity index is 847. The summed E-state index contributed by atoms with van der Waals surface area (Å²) in [6, 6.07) is 4.50. The van der Waals surface area contributed by atoms with Crippen LogP contribution in [0.15, 0.2) is 27.5 Å². The van der Waals surface area contributed by atoms with Gasteiger partial charge >= 0.3 is 11.7 Å². The molecule has 1 aliphatic heterocycles. The quantitative estimate of drug-likeness (QED) is 0.839. The van der Waals surface area contributed by atoms with Crippen LogP contribution in [0.2, 0.25) is 0 Å². The van der Waals surface area contributed by atoms with E-state index < -0.39 is 11.5 Å². The van der Waals surface area contributed by atoms with Gasteiger partial charge in [0.15, 0.2) is 0 Å². The van der Waals surface area contributed by atoms with Crippen LogP contribution in [0.3, 0.4) is 0 Å². The number of amides is 2. The van der Waals surface area contributed by atoms with E-state index >= 15 is 0 Å². The van der Waals surface area contributed by atoms with E-state index in [1.54, 1.807) is 30.0 Å². The number of aromatic amines is 1. The van der Waals surface area contributed by atoms with Crippen molar-refractivity contribution >= 4 is 22.0 Å². The molecule has 134 valence electrons. The molecule has 9 heteroatoms. The maximum absolute atomic E-state index is 14.3. The fourth-order valence-corrected chi connectivity index (χ4v) is 3.42. The minimum absolute atomic E-state index is 0.0270. The lowest BCUT2D eigenvalue weighted by Crippen LogP contribution is -2.37. The normalized spacial score (nSPS) is 17.1. The summed E-state index contributed by atoms with van der Waals surface area (Å²) in [4.78, 5) is 27.5. The van der Waals surface area contributed by atoms with Crippen molar-refractivity contribution in [1.29, 1.82) is 0 Å². The summed E-state index contributed by atoms with van der Waals surface area (Å²) in [6.07, 6.45) is 1.31. The zero-order valence-corrected chi connectivity index (χ0v) is 15.6. The number of likely N-dealkylation sites (tertiary alicyclic amines) is 1. The smallest absolute Gasteiger partial charge is 0.331 e. The van der Waals surface area contributed by atoms with Crippen molar-refractivity contribution < 1.29 is 9.18 Å². The van der Waals surface area contributed by atoms with E-state index in [-0.39, 0.29) is 17.6 Å². The van der Waals surface area contributed by atoms with Gasteiger partial charge in [0.25, 0.3) is 0 Å². The van der Waals surface area contributed by atoms with Gasteiger partial charge in [-0.25, -0.2) is 23.6 Å². The predicted molar refractivity (Wildman–Crippen MR) is 94.3 cm³/mol. The van der Waals surface area contributed by atoms with Crippen molar-refractivity contribution in [1.82, 2.24) is 24.6 Å². The first kappa shape index (κ1) is 17.7. The van der Waals surface area contributed by atoms with Crippen LogP contribution in [0.4, 0.5) is 9.18 Å². The summed E-state index contributed by atoms with van der Waals surface area (Å²) < 4.78 is 16.1. The molecule has 2 aromatic rings. The molecule has 0 saturated carbocycles. The lowest BCUT2D eigenvalue weighted by molar-refractivity contribution is 0.180. The third-order valence-corrected chi connectivity index (χ3v) is 4.80. The van der Waals surface area contributed by atoms with E-state index in [4.69, 9.17) is 0 Å². The molecule has 0 radical (unpaired) electrons. The first-order chi connectivity index (χ1) is 11.9. The molecule has 1 atom stereocenters. The lowest BCUT2D eigenvalue weighted by atomic mass is 10.0. The molecular formula is C16H19BrFN5O2. The standard InChI is InChI=1S/C16H19BrFN5O2/c1-21(2)16(25)22-6-5-10(9-22)7-14-19-20-15(24)23(14)13-4-3-11(17)8-12(13)18/h3-4,8,10H,5-7,9H2,1-2H3,(H,20,24)/t10-/m0/s1. The summed E-state index contributed by atoms with van der Waals surface area (Å²) >= 11 is 3.21. The molecule has 1 aliphatic rings. The van der Waals surface area contributed by atoms with Gasteiger partial charge in [0.1, 0.15) is 11.6 Å². The second-order valence-electron chi connectivity index (χ2n) is 6.36. The minimum atomic E-state index is -0.505. The topological polar surface area (TPSA) is 74.2 Å². The number of urea groups is 1. The van der Waals surface area contributed by atoms with Crippen LogP contribution in [-0.2, 0) is 6.42 Å². The van der Waals surface area contributed by atoms with Gasteiger partial charge in [0.2, 0.25) is 0 Å². The number of nitrogens with zero attached hydrogens (tertiary/aromatic N) is 4. The number of aromatic nitrogens is 3. The van der Waals surface area contributed by atoms with Crippen molar-refractivity contribution in [3.05, 3.63) is 44.8 Å². The summed E-state index contributed by atoms with van der Waals surface area (Å²) in [5.41, 5.74) is -0.313. The zero-order chi connectivity index (χ0) is 18.1. The van der Waals surface area contributed by atoms with Gasteiger partial charge in [-0.3, -0.25) is 0 Å². The average molecular weight is 412 g/mol. The first-order valence-corrected chi connectivity index (χ1v) is 8.74. The molecule has 0 aliphatic carbocycles. The van der Waals surface area contributed by atoms with Crippen molar-refractivity contribution in [2.75, 3.05) is 27.2 Å². The van der Waals surface area contributed by atoms with Gasteiger partial charge < -0.3 is 9.80 Å². The third-order valence-electron chi connectivity index (χ3n) is 4.30. The van der Waals surface area contributed by atoms with Crippen LogP contribution in [0.1, 0.15) is 12.2 Å². The Morgan fingerprint density at radius 1 is 1.48 bits per heavy atom. The highest BCUT2D eigenvalue weighted by Crippen LogP contribution is 2.23. The number of benzene rings is 1. The van der Waals surface area contributed by atoms with Crippen LogP contribution >= 0.6 is 15.9 Å². The highest BCUT2D eigenvalue weighted by atomic mass is 79.9. The van der Waals surface area contributed by atoms with E-state index in [0.29, 0.717) is 29.8 Å². The largest absolute Gasteiger partial charge is 0.348 e. The third kappa shape index (κ3) is 3.60. The Kier molecular flexibility index (Phi) is 4.94. The van der Waals surface area contributed by atoms with Gasteiger partial charge in [-0.05, 0) is 30.5 Å². The summed E-state index contributed by atoms with van der Waals surface area (Å²) in [7, 11) is 3.44. The monoisotopic (exact) mass is 411 g/mol. The average Bonchev–Trinajstić information content (AvgIpc) is 3.15. The zero-order valence-electron chi connectivity index (χ0n) is 14.0. The number of H-pyrrole nitrogens is 1. The minimum Gasteiger partial charge on any atom is -0.331 e. The SMILES string of the molecule is CN(C)C(=O)N1CC[C@@H](Cc2n[nH]c(=O)n2-c2ccc(Br)cc2F)C1. The molecule has 3 rings (SSSR count). The van der Waals surface area contributed by atoms with Crippen LogP contribution in [0, 0.1) is 11.7 Å². The van der Waals surface area contributed by atoms with E-state index in [1.165, 1.54) is 16.7 Å². The molecule has 0 bridgehead atoms. The molecule has 0 unspecified atom stereocenters. The molecule has 2 heterocycles. The highest BCUT2D eigenvalue weighted by molar-refractivity contribution is 9.10. The number of carbonyl (C=O) groups is 1. The Balaban J connectivity index is 1.81. The molecule has 0 spiro atoms. The molecule has 1 aromatic heterocycles. The molecule has 1 fully saturated rings. The van der Waals surface area contributed by atoms with E-state index in [2.05, 4.69) is 26.1 Å². The summed E-state index contributed by atoms with van der Waals surface area (Å²) in [5, 5.41) is 6.45. The van der Waals surface area contributed by atoms with Crippen LogP contribution in [-0.4, -0.2) is 57.8 Å². The fraction of sp³-hybridized carbons (Fsp3) is 0.438. The molecule has 25 heavy (non-hydrogen) atoms. The summed E-state index contributed by atoms with van der Waals surface area (Å²) in [6.45, 7) is 1.27. The van der Waals surface area contributed by atoms with E-state index in [9.17, 15) is 14.0 Å². The van der Waals surface area contributed by atoms with Crippen LogP contribution in [0.5, 0.6) is 0 Å². The fourth-order valence-electron chi connectivity index (χ4n) is 3.09. The molecule has 1 saturated heterocycles. The molecular weight excluding hydrogens is 393 g/mol. The van der Waals surface area contributed by atoms with E-state index in [1.807, 2.05) is 0 Å². The second-order valence-corrected chi connectivity index (χ2v) is 7.27. The number of hydrogen-bond acceptors (Lipinski definition) is 3. The Labute approximate surface area is 152 Å². The van der Waals surface area contributed by atoms with Crippen molar-refractivity contribution in [2.45, 2.75) is 12.8 Å². The summed E-state index contributed by atoms with van der Waals surface area (Å²) in [5.74, 6) is 0.140. The van der Waals surface area contributed by atoms with Gasteiger partial charge in [0, 0.05) is 38.1 Å². The van der Waals surface area contributed by atoms with Crippen molar-refractivity contribution in [2.24, 2.45) is 5.92 Å². The molecule has 1 aromatic carbocycles. The van der Waals surface area contributed by atoms with Crippen LogP contribution in [0.25, 0.3) is 5.69 Å². The number of carbonyl (C=O) groups excluding carboxylic acids is 1. The molecule has 1 N–H and O–H groups in total. The molecule has 7 nitrogen and oxygen atoms in total. The molecule has 2 amide bonds. The van der Waals surface area contributed by atoms with Gasteiger partial charge in [0.05, 0.1) is 5.69 Å². The number of halogens is 2. The van der Waals surface area contributed by atoms with Gasteiger partial charge in [-0.15, -0.1) is 0 Å².